The van der Waals surface area contributed by atoms with E-state index in [0.29, 0.717) is 31.8 Å². The van der Waals surface area contributed by atoms with Crippen LogP contribution in [0.15, 0.2) is 59.5 Å². The van der Waals surface area contributed by atoms with E-state index in [1.165, 1.54) is 17.0 Å². The molecule has 2 amide bonds. The third-order valence-electron chi connectivity index (χ3n) is 7.81. The summed E-state index contributed by atoms with van der Waals surface area (Å²) in [5.41, 5.74) is 2.69. The highest BCUT2D eigenvalue weighted by atomic mass is 32.2. The number of rotatable bonds is 9. The topological polar surface area (TPSA) is 138 Å². The van der Waals surface area contributed by atoms with Crippen molar-refractivity contribution in [3.8, 4) is 5.75 Å². The van der Waals surface area contributed by atoms with Crippen LogP contribution in [0.4, 0.5) is 0 Å². The van der Waals surface area contributed by atoms with Crippen molar-refractivity contribution in [3.63, 3.8) is 0 Å². The maximum absolute atomic E-state index is 13.8. The number of carbonyl (C=O) groups is 2. The number of nitrogens with zero attached hydrogens (tertiary/aromatic N) is 3. The second kappa shape index (κ2) is 11.7. The van der Waals surface area contributed by atoms with Gasteiger partial charge in [0.05, 0.1) is 23.5 Å². The number of fused-ring (bicyclic) bond motifs is 1. The number of carbonyl (C=O) groups excluding carboxylic acids is 2. The Morgan fingerprint density at radius 2 is 1.83 bits per heavy atom. The number of hydrogen-bond donors (Lipinski definition) is 2. The maximum Gasteiger partial charge on any atom is 0.268 e. The predicted molar refractivity (Wildman–Crippen MR) is 150 cm³/mol. The molecule has 3 heterocycles. The van der Waals surface area contributed by atoms with Crippen molar-refractivity contribution < 1.29 is 32.7 Å². The van der Waals surface area contributed by atoms with Crippen LogP contribution in [0.3, 0.4) is 0 Å². The first-order valence-corrected chi connectivity index (χ1v) is 15.1. The van der Waals surface area contributed by atoms with E-state index in [1.54, 1.807) is 24.5 Å². The van der Waals surface area contributed by atoms with Crippen molar-refractivity contribution in [2.75, 3.05) is 32.8 Å². The second-order valence-electron chi connectivity index (χ2n) is 10.4. The van der Waals surface area contributed by atoms with Gasteiger partial charge in [-0.05, 0) is 56.2 Å². The number of nitrogens with one attached hydrogen (secondary N) is 1. The number of ether oxygens (including phenoxy) is 2. The van der Waals surface area contributed by atoms with Gasteiger partial charge in [0, 0.05) is 42.3 Å². The highest BCUT2D eigenvalue weighted by molar-refractivity contribution is 7.89. The number of aromatic nitrogens is 1. The van der Waals surface area contributed by atoms with E-state index in [1.807, 2.05) is 37.3 Å². The largest absolute Gasteiger partial charge is 0.489 e. The van der Waals surface area contributed by atoms with Gasteiger partial charge in [0.1, 0.15) is 12.4 Å². The summed E-state index contributed by atoms with van der Waals surface area (Å²) in [5, 5.41) is 10.5. The smallest absolute Gasteiger partial charge is 0.268 e. The molecule has 11 nitrogen and oxygen atoms in total. The van der Waals surface area contributed by atoms with Gasteiger partial charge in [-0.3, -0.25) is 19.8 Å². The minimum absolute atomic E-state index is 0.0313. The molecule has 2 saturated heterocycles. The molecule has 0 saturated carbocycles. The second-order valence-corrected chi connectivity index (χ2v) is 12.3. The molecule has 0 bridgehead atoms. The molecule has 0 radical (unpaired) electrons. The van der Waals surface area contributed by atoms with Gasteiger partial charge in [-0.25, -0.2) is 13.9 Å². The minimum atomic E-state index is -4.18. The number of likely N-dealkylation sites (N-methyl/N-ethyl adjacent to an activating group) is 1. The van der Waals surface area contributed by atoms with E-state index in [9.17, 15) is 23.2 Å². The first-order chi connectivity index (χ1) is 19.7. The SMILES string of the molecule is CCN(C1(C(=O)NO)CN(C(=O)C2CCOCC2)C1)S(=O)(=O)c1ccc(OCc2cc(C)nc3ccccc23)cc1. The van der Waals surface area contributed by atoms with Gasteiger partial charge in [-0.1, -0.05) is 25.1 Å². The highest BCUT2D eigenvalue weighted by Gasteiger charge is 2.59. The summed E-state index contributed by atoms with van der Waals surface area (Å²) in [4.78, 5) is 31.9. The molecular formula is C29H34N4O7S. The molecule has 218 valence electrons. The van der Waals surface area contributed by atoms with E-state index in [0.717, 1.165) is 26.5 Å². The fourth-order valence-electron chi connectivity index (χ4n) is 5.68. The molecule has 12 heteroatoms. The number of likely N-dealkylation sites (tertiary alicyclic amines) is 1. The number of pyridine rings is 1. The van der Waals surface area contributed by atoms with Crippen LogP contribution in [0.2, 0.25) is 0 Å². The Bertz CT molecular complexity index is 1530. The number of hydroxylamine groups is 1. The molecule has 0 aliphatic carbocycles. The molecule has 2 aromatic carbocycles. The average molecular weight is 583 g/mol. The first kappa shape index (κ1) is 28.9. The van der Waals surface area contributed by atoms with E-state index in [-0.39, 0.29) is 43.0 Å². The van der Waals surface area contributed by atoms with Gasteiger partial charge >= 0.3 is 0 Å². The van der Waals surface area contributed by atoms with Crippen LogP contribution in [0.25, 0.3) is 10.9 Å². The van der Waals surface area contributed by atoms with Crippen molar-refractivity contribution in [1.82, 2.24) is 19.7 Å². The highest BCUT2D eigenvalue weighted by Crippen LogP contribution is 2.35. The number of sulfonamides is 1. The lowest BCUT2D eigenvalue weighted by Crippen LogP contribution is -2.77. The van der Waals surface area contributed by atoms with E-state index < -0.39 is 21.5 Å². The lowest BCUT2D eigenvalue weighted by atomic mass is 9.86. The summed E-state index contributed by atoms with van der Waals surface area (Å²) in [6.45, 7) is 4.44. The van der Waals surface area contributed by atoms with Gasteiger partial charge < -0.3 is 14.4 Å². The third-order valence-corrected chi connectivity index (χ3v) is 9.87. The number of para-hydroxylation sites is 1. The normalized spacial score (nSPS) is 17.3. The van der Waals surface area contributed by atoms with Crippen LogP contribution in [-0.2, 0) is 31.0 Å². The number of benzene rings is 2. The van der Waals surface area contributed by atoms with Crippen LogP contribution in [0.5, 0.6) is 5.75 Å². The lowest BCUT2D eigenvalue weighted by Gasteiger charge is -2.53. The molecule has 5 rings (SSSR count). The summed E-state index contributed by atoms with van der Waals surface area (Å²) in [5.74, 6) is -0.766. The van der Waals surface area contributed by atoms with Gasteiger partial charge in [0.15, 0.2) is 5.54 Å². The summed E-state index contributed by atoms with van der Waals surface area (Å²) in [6.07, 6.45) is 1.16. The van der Waals surface area contributed by atoms with Crippen LogP contribution < -0.4 is 10.2 Å². The number of aryl methyl sites for hydroxylation is 1. The maximum atomic E-state index is 13.8. The molecule has 0 atom stereocenters. The molecule has 41 heavy (non-hydrogen) atoms. The van der Waals surface area contributed by atoms with Crippen molar-refractivity contribution in [2.24, 2.45) is 5.92 Å². The molecule has 2 fully saturated rings. The molecule has 1 aromatic heterocycles. The van der Waals surface area contributed by atoms with Crippen LogP contribution in [0.1, 0.15) is 31.0 Å². The van der Waals surface area contributed by atoms with E-state index in [4.69, 9.17) is 9.47 Å². The van der Waals surface area contributed by atoms with Crippen LogP contribution in [-0.4, -0.2) is 78.0 Å². The van der Waals surface area contributed by atoms with Gasteiger partial charge in [0.2, 0.25) is 15.9 Å². The zero-order valence-corrected chi connectivity index (χ0v) is 23.9. The van der Waals surface area contributed by atoms with Gasteiger partial charge in [-0.15, -0.1) is 0 Å². The molecule has 2 aliphatic heterocycles. The standard InChI is InChI=1S/C29H34N4O7S/c1-3-33(29(28(35)31-36)18-32(19-29)27(34)21-12-14-39-15-13-21)41(37,38)24-10-8-23(9-11-24)40-17-22-16-20(2)30-26-7-5-4-6-25(22)26/h4-11,16,21,36H,3,12-15,17-19H2,1-2H3,(H,31,35). The molecule has 3 aromatic rings. The van der Waals surface area contributed by atoms with Crippen LogP contribution >= 0.6 is 0 Å². The lowest BCUT2D eigenvalue weighted by molar-refractivity contribution is -0.161. The minimum Gasteiger partial charge on any atom is -0.489 e. The zero-order chi connectivity index (χ0) is 29.2. The molecule has 2 N–H and O–H groups in total. The molecule has 0 spiro atoms. The molecule has 2 aliphatic rings. The monoisotopic (exact) mass is 582 g/mol. The summed E-state index contributed by atoms with van der Waals surface area (Å²) < 4.78 is 39.9. The van der Waals surface area contributed by atoms with Crippen molar-refractivity contribution in [2.45, 2.75) is 43.7 Å². The fraction of sp³-hybridized carbons (Fsp3) is 0.414. The fourth-order valence-corrected chi connectivity index (χ4v) is 7.41. The summed E-state index contributed by atoms with van der Waals surface area (Å²) in [6, 6.07) is 15.7. The summed E-state index contributed by atoms with van der Waals surface area (Å²) in [7, 11) is -4.18. The third kappa shape index (κ3) is 5.52. The van der Waals surface area contributed by atoms with Crippen molar-refractivity contribution in [1.29, 1.82) is 0 Å². The van der Waals surface area contributed by atoms with Crippen LogP contribution in [0, 0.1) is 12.8 Å². The predicted octanol–water partition coefficient (Wildman–Crippen LogP) is 2.65. The Morgan fingerprint density at radius 3 is 2.49 bits per heavy atom. The molecule has 0 unspecified atom stereocenters. The summed E-state index contributed by atoms with van der Waals surface area (Å²) >= 11 is 0. The Labute approximate surface area is 239 Å². The number of hydrogen-bond acceptors (Lipinski definition) is 8. The first-order valence-electron chi connectivity index (χ1n) is 13.6. The Hall–Kier alpha value is -3.58. The Morgan fingerprint density at radius 1 is 1.15 bits per heavy atom. The van der Waals surface area contributed by atoms with E-state index >= 15 is 0 Å². The zero-order valence-electron chi connectivity index (χ0n) is 23.1. The van der Waals surface area contributed by atoms with Crippen molar-refractivity contribution >= 4 is 32.7 Å². The van der Waals surface area contributed by atoms with Gasteiger partial charge in [-0.2, -0.15) is 4.31 Å². The average Bonchev–Trinajstić information content (AvgIpc) is 2.97. The van der Waals surface area contributed by atoms with Gasteiger partial charge in [0.25, 0.3) is 5.91 Å². The van der Waals surface area contributed by atoms with E-state index in [2.05, 4.69) is 4.98 Å². The molecular weight excluding hydrogens is 548 g/mol. The Kier molecular flexibility index (Phi) is 8.28. The Balaban J connectivity index is 1.32. The van der Waals surface area contributed by atoms with Crippen molar-refractivity contribution in [3.05, 3.63) is 65.9 Å². The number of amides is 2. The quantitative estimate of drug-likeness (QED) is 0.290.